The van der Waals surface area contributed by atoms with Crippen molar-refractivity contribution < 1.29 is 4.39 Å². The van der Waals surface area contributed by atoms with Crippen LogP contribution in [0.4, 0.5) is 10.1 Å². The van der Waals surface area contributed by atoms with Crippen LogP contribution in [0.15, 0.2) is 91.5 Å². The molecule has 1 aliphatic heterocycles. The molecule has 148 valence electrons. The molecule has 0 aliphatic carbocycles. The first-order chi connectivity index (χ1) is 14.7. The van der Waals surface area contributed by atoms with Gasteiger partial charge >= 0.3 is 0 Å². The number of rotatable bonds is 4. The van der Waals surface area contributed by atoms with Gasteiger partial charge in [-0.15, -0.1) is 0 Å². The third-order valence-electron chi connectivity index (χ3n) is 5.23. The molecule has 4 heterocycles. The molecular formula is C23H18FN5S. The predicted molar refractivity (Wildman–Crippen MR) is 118 cm³/mol. The Hall–Kier alpha value is -3.58. The lowest BCUT2D eigenvalue weighted by Gasteiger charge is -2.29. The van der Waals surface area contributed by atoms with Gasteiger partial charge in [0, 0.05) is 36.2 Å². The Balaban J connectivity index is 1.69. The van der Waals surface area contributed by atoms with E-state index < -0.39 is 0 Å². The molecule has 1 aromatic carbocycles. The van der Waals surface area contributed by atoms with Crippen molar-refractivity contribution in [2.75, 3.05) is 4.90 Å². The number of nitrogens with zero attached hydrogens (tertiary/aromatic N) is 4. The van der Waals surface area contributed by atoms with Crippen LogP contribution in [0.2, 0.25) is 0 Å². The Bertz CT molecular complexity index is 1180. The highest BCUT2D eigenvalue weighted by atomic mass is 32.1. The summed E-state index contributed by atoms with van der Waals surface area (Å²) in [4.78, 5) is 10.5. The molecule has 1 N–H and O–H groups in total. The van der Waals surface area contributed by atoms with Gasteiger partial charge in [-0.05, 0) is 60.7 Å². The largest absolute Gasteiger partial charge is 0.351 e. The fourth-order valence-corrected chi connectivity index (χ4v) is 4.28. The molecule has 7 heteroatoms. The van der Waals surface area contributed by atoms with E-state index in [0.717, 1.165) is 17.1 Å². The topological polar surface area (TPSA) is 46.0 Å². The van der Waals surface area contributed by atoms with E-state index in [9.17, 15) is 4.39 Å². The number of halogens is 1. The van der Waals surface area contributed by atoms with Gasteiger partial charge in [0.15, 0.2) is 5.11 Å². The lowest BCUT2D eigenvalue weighted by atomic mass is 10.0. The zero-order valence-electron chi connectivity index (χ0n) is 15.9. The Morgan fingerprint density at radius 1 is 0.900 bits per heavy atom. The Morgan fingerprint density at radius 3 is 2.47 bits per heavy atom. The van der Waals surface area contributed by atoms with Crippen molar-refractivity contribution in [2.45, 2.75) is 12.1 Å². The first-order valence-electron chi connectivity index (χ1n) is 9.57. The van der Waals surface area contributed by atoms with E-state index >= 15 is 0 Å². The van der Waals surface area contributed by atoms with Crippen molar-refractivity contribution in [3.8, 4) is 5.69 Å². The van der Waals surface area contributed by atoms with Crippen molar-refractivity contribution >= 4 is 23.0 Å². The quantitative estimate of drug-likeness (QED) is 0.494. The lowest BCUT2D eigenvalue weighted by molar-refractivity contribution is 0.542. The van der Waals surface area contributed by atoms with Crippen LogP contribution in [0.3, 0.4) is 0 Å². The van der Waals surface area contributed by atoms with Crippen molar-refractivity contribution in [3.63, 3.8) is 0 Å². The van der Waals surface area contributed by atoms with E-state index in [1.807, 2.05) is 59.6 Å². The number of benzene rings is 1. The van der Waals surface area contributed by atoms with Crippen LogP contribution in [-0.2, 0) is 0 Å². The van der Waals surface area contributed by atoms with E-state index in [1.165, 1.54) is 6.07 Å². The molecule has 3 aromatic heterocycles. The number of hydrogen-bond donors (Lipinski definition) is 1. The standard InChI is InChI=1S/C23H18FN5S/c24-17-6-1-2-8-19(17)29-22(21(27-23(29)30)18-7-3-4-12-26-18)20-9-5-15-28(20)16-10-13-25-14-11-16/h1-15,21-22H,(H,27,30)/t21-,22-/m0/s1. The van der Waals surface area contributed by atoms with Gasteiger partial charge in [-0.25, -0.2) is 4.39 Å². The summed E-state index contributed by atoms with van der Waals surface area (Å²) in [5.41, 5.74) is 3.20. The number of anilines is 1. The maximum atomic E-state index is 14.8. The van der Waals surface area contributed by atoms with Crippen LogP contribution in [0, 0.1) is 5.82 Å². The van der Waals surface area contributed by atoms with Gasteiger partial charge in [0.2, 0.25) is 0 Å². The summed E-state index contributed by atoms with van der Waals surface area (Å²) < 4.78 is 16.9. The molecule has 4 aromatic rings. The summed E-state index contributed by atoms with van der Waals surface area (Å²) in [5, 5.41) is 3.83. The normalized spacial score (nSPS) is 18.4. The highest BCUT2D eigenvalue weighted by Gasteiger charge is 2.42. The number of para-hydroxylation sites is 1. The zero-order valence-corrected chi connectivity index (χ0v) is 16.7. The molecule has 0 spiro atoms. The Kier molecular flexibility index (Phi) is 4.72. The lowest BCUT2D eigenvalue weighted by Crippen LogP contribution is -2.31. The number of thiocarbonyl (C=S) groups is 1. The Morgan fingerprint density at radius 2 is 1.70 bits per heavy atom. The molecule has 2 atom stereocenters. The molecule has 1 saturated heterocycles. The van der Waals surface area contributed by atoms with Crippen LogP contribution in [0.1, 0.15) is 23.5 Å². The summed E-state index contributed by atoms with van der Waals surface area (Å²) >= 11 is 5.67. The van der Waals surface area contributed by atoms with Gasteiger partial charge in [-0.3, -0.25) is 9.97 Å². The smallest absolute Gasteiger partial charge is 0.174 e. The molecule has 5 rings (SSSR count). The molecule has 1 aliphatic rings. The summed E-state index contributed by atoms with van der Waals surface area (Å²) in [7, 11) is 0. The van der Waals surface area contributed by atoms with Gasteiger partial charge in [-0.2, -0.15) is 0 Å². The first-order valence-corrected chi connectivity index (χ1v) is 9.98. The highest BCUT2D eigenvalue weighted by Crippen LogP contribution is 2.42. The van der Waals surface area contributed by atoms with Gasteiger partial charge in [-0.1, -0.05) is 18.2 Å². The number of pyridine rings is 2. The fourth-order valence-electron chi connectivity index (χ4n) is 3.94. The summed E-state index contributed by atoms with van der Waals surface area (Å²) in [6, 6.07) is 19.8. The molecule has 0 unspecified atom stereocenters. The Labute approximate surface area is 178 Å². The average molecular weight is 415 g/mol. The maximum Gasteiger partial charge on any atom is 0.174 e. The minimum absolute atomic E-state index is 0.242. The molecule has 1 fully saturated rings. The van der Waals surface area contributed by atoms with Gasteiger partial charge in [0.1, 0.15) is 11.9 Å². The van der Waals surface area contributed by atoms with Crippen molar-refractivity contribution in [2.24, 2.45) is 0 Å². The molecular weight excluding hydrogens is 397 g/mol. The van der Waals surface area contributed by atoms with Gasteiger partial charge < -0.3 is 14.8 Å². The minimum atomic E-state index is -0.324. The third-order valence-corrected chi connectivity index (χ3v) is 5.55. The second-order valence-electron chi connectivity index (χ2n) is 6.96. The van der Waals surface area contributed by atoms with Gasteiger partial charge in [0.25, 0.3) is 0 Å². The monoisotopic (exact) mass is 415 g/mol. The van der Waals surface area contributed by atoms with Crippen LogP contribution >= 0.6 is 12.2 Å². The van der Waals surface area contributed by atoms with Crippen LogP contribution in [0.5, 0.6) is 0 Å². The van der Waals surface area contributed by atoms with Gasteiger partial charge in [0.05, 0.1) is 17.4 Å². The third kappa shape index (κ3) is 3.13. The molecule has 0 saturated carbocycles. The fraction of sp³-hybridized carbons (Fsp3) is 0.0870. The molecule has 30 heavy (non-hydrogen) atoms. The van der Waals surface area contributed by atoms with Crippen LogP contribution in [0.25, 0.3) is 5.69 Å². The molecule has 0 radical (unpaired) electrons. The zero-order chi connectivity index (χ0) is 20.5. The number of aromatic nitrogens is 3. The molecule has 0 bridgehead atoms. The van der Waals surface area contributed by atoms with Crippen LogP contribution < -0.4 is 10.2 Å². The maximum absolute atomic E-state index is 14.8. The van der Waals surface area contributed by atoms with Crippen LogP contribution in [-0.4, -0.2) is 19.6 Å². The summed E-state index contributed by atoms with van der Waals surface area (Å²) in [5.74, 6) is -0.324. The summed E-state index contributed by atoms with van der Waals surface area (Å²) in [6.45, 7) is 0. The van der Waals surface area contributed by atoms with Crippen molar-refractivity contribution in [1.29, 1.82) is 0 Å². The van der Waals surface area contributed by atoms with E-state index in [0.29, 0.717) is 10.8 Å². The van der Waals surface area contributed by atoms with E-state index in [4.69, 9.17) is 12.2 Å². The average Bonchev–Trinajstić information content (AvgIpc) is 3.40. The predicted octanol–water partition coefficient (Wildman–Crippen LogP) is 4.58. The highest BCUT2D eigenvalue weighted by molar-refractivity contribution is 7.80. The van der Waals surface area contributed by atoms with E-state index in [1.54, 1.807) is 30.7 Å². The van der Waals surface area contributed by atoms with E-state index in [-0.39, 0.29) is 17.9 Å². The molecule has 0 amide bonds. The molecule has 5 nitrogen and oxygen atoms in total. The second-order valence-corrected chi connectivity index (χ2v) is 7.34. The SMILES string of the molecule is Fc1ccccc1N1C(=S)N[C@@H](c2ccccn2)[C@@H]1c1cccn1-c1ccncc1. The summed E-state index contributed by atoms with van der Waals surface area (Å²) in [6.07, 6.45) is 7.24. The minimum Gasteiger partial charge on any atom is -0.351 e. The number of nitrogens with one attached hydrogen (secondary N) is 1. The number of hydrogen-bond acceptors (Lipinski definition) is 3. The van der Waals surface area contributed by atoms with Crippen molar-refractivity contribution in [1.82, 2.24) is 19.9 Å². The van der Waals surface area contributed by atoms with E-state index in [2.05, 4.69) is 19.9 Å². The first kappa shape index (κ1) is 18.4. The second kappa shape index (κ2) is 7.68. The van der Waals surface area contributed by atoms with Crippen molar-refractivity contribution in [3.05, 3.63) is 109 Å².